The molecule has 3 nitrogen and oxygen atoms in total. The first-order valence-corrected chi connectivity index (χ1v) is 5.81. The molecule has 0 radical (unpaired) electrons. The molecule has 0 aromatic heterocycles. The van der Waals surface area contributed by atoms with Crippen LogP contribution in [0.4, 0.5) is 0 Å². The van der Waals surface area contributed by atoms with Gasteiger partial charge in [-0.1, -0.05) is 20.3 Å². The Kier molecular flexibility index (Phi) is 3.44. The van der Waals surface area contributed by atoms with Crippen molar-refractivity contribution < 1.29 is 4.79 Å². The smallest absolute Gasteiger partial charge is 0.224 e. The topological polar surface area (TPSA) is 55.1 Å². The maximum atomic E-state index is 12.1. The minimum absolute atomic E-state index is 0.148. The zero-order chi connectivity index (χ0) is 11.7. The number of nitrogens with one attached hydrogen (secondary N) is 1. The molecule has 0 aromatic carbocycles. The van der Waals surface area contributed by atoms with Gasteiger partial charge in [-0.3, -0.25) is 4.79 Å². The Morgan fingerprint density at radius 1 is 1.53 bits per heavy atom. The zero-order valence-electron chi connectivity index (χ0n) is 10.4. The molecular weight excluding hydrogens is 188 g/mol. The quantitative estimate of drug-likeness (QED) is 0.747. The highest BCUT2D eigenvalue weighted by atomic mass is 16.2. The van der Waals surface area contributed by atoms with E-state index in [1.165, 1.54) is 0 Å². The van der Waals surface area contributed by atoms with Gasteiger partial charge in [0.15, 0.2) is 0 Å². The fraction of sp³-hybridized carbons (Fsp3) is 0.917. The van der Waals surface area contributed by atoms with Gasteiger partial charge in [-0.15, -0.1) is 0 Å². The predicted molar refractivity (Wildman–Crippen MR) is 62.4 cm³/mol. The predicted octanol–water partition coefficient (Wildman–Crippen LogP) is 1.67. The van der Waals surface area contributed by atoms with Crippen molar-refractivity contribution in [1.82, 2.24) is 5.32 Å². The van der Waals surface area contributed by atoms with Gasteiger partial charge < -0.3 is 11.1 Å². The van der Waals surface area contributed by atoms with E-state index in [1.807, 2.05) is 13.8 Å². The molecule has 0 aromatic rings. The van der Waals surface area contributed by atoms with Crippen LogP contribution in [-0.4, -0.2) is 18.0 Å². The van der Waals surface area contributed by atoms with E-state index in [1.54, 1.807) is 0 Å². The molecule has 1 saturated carbocycles. The second-order valence-corrected chi connectivity index (χ2v) is 6.01. The molecule has 1 atom stereocenters. The van der Waals surface area contributed by atoms with Crippen LogP contribution in [0.5, 0.6) is 0 Å². The highest BCUT2D eigenvalue weighted by Crippen LogP contribution is 2.42. The fourth-order valence-electron chi connectivity index (χ4n) is 2.28. The van der Waals surface area contributed by atoms with E-state index in [4.69, 9.17) is 5.73 Å². The maximum absolute atomic E-state index is 12.1. The Morgan fingerprint density at radius 2 is 2.13 bits per heavy atom. The maximum Gasteiger partial charge on any atom is 0.224 e. The lowest BCUT2D eigenvalue weighted by Crippen LogP contribution is -2.52. The molecule has 3 heteroatoms. The molecule has 0 saturated heterocycles. The molecule has 1 aliphatic rings. The monoisotopic (exact) mass is 212 g/mol. The standard InChI is InChI=1S/C12H24N2O/c1-11(2)7-5-6-9(11)10(15)14-12(3,4)8-13/h9H,5-8,13H2,1-4H3,(H,14,15). The van der Waals surface area contributed by atoms with Gasteiger partial charge in [0, 0.05) is 18.0 Å². The third-order valence-corrected chi connectivity index (χ3v) is 3.55. The van der Waals surface area contributed by atoms with Crippen LogP contribution in [0.3, 0.4) is 0 Å². The lowest BCUT2D eigenvalue weighted by Gasteiger charge is -2.31. The first-order valence-electron chi connectivity index (χ1n) is 5.81. The normalized spacial score (nSPS) is 25.3. The third-order valence-electron chi connectivity index (χ3n) is 3.55. The zero-order valence-corrected chi connectivity index (χ0v) is 10.4. The number of rotatable bonds is 3. The second-order valence-electron chi connectivity index (χ2n) is 6.01. The van der Waals surface area contributed by atoms with Crippen molar-refractivity contribution in [1.29, 1.82) is 0 Å². The Labute approximate surface area is 92.8 Å². The van der Waals surface area contributed by atoms with Crippen molar-refractivity contribution in [3.63, 3.8) is 0 Å². The summed E-state index contributed by atoms with van der Waals surface area (Å²) in [6.45, 7) is 8.77. The van der Waals surface area contributed by atoms with E-state index in [2.05, 4.69) is 19.2 Å². The van der Waals surface area contributed by atoms with E-state index in [9.17, 15) is 4.79 Å². The summed E-state index contributed by atoms with van der Waals surface area (Å²) in [7, 11) is 0. The van der Waals surface area contributed by atoms with Crippen LogP contribution in [0, 0.1) is 11.3 Å². The van der Waals surface area contributed by atoms with Gasteiger partial charge in [0.1, 0.15) is 0 Å². The first-order chi connectivity index (χ1) is 6.78. The summed E-state index contributed by atoms with van der Waals surface area (Å²) in [5, 5.41) is 3.04. The summed E-state index contributed by atoms with van der Waals surface area (Å²) in [4.78, 5) is 12.1. The highest BCUT2D eigenvalue weighted by Gasteiger charge is 2.40. The fourth-order valence-corrected chi connectivity index (χ4v) is 2.28. The Hall–Kier alpha value is -0.570. The molecule has 1 rings (SSSR count). The van der Waals surface area contributed by atoms with Crippen molar-refractivity contribution in [3.8, 4) is 0 Å². The molecular formula is C12H24N2O. The summed E-state index contributed by atoms with van der Waals surface area (Å²) in [5.74, 6) is 0.330. The van der Waals surface area contributed by atoms with Crippen LogP contribution in [0.25, 0.3) is 0 Å². The van der Waals surface area contributed by atoms with Crippen LogP contribution in [0.2, 0.25) is 0 Å². The summed E-state index contributed by atoms with van der Waals surface area (Å²) in [6, 6.07) is 0. The molecule has 3 N–H and O–H groups in total. The number of nitrogens with two attached hydrogens (primary N) is 1. The first kappa shape index (κ1) is 12.5. The van der Waals surface area contributed by atoms with Crippen LogP contribution in [0.15, 0.2) is 0 Å². The average Bonchev–Trinajstić information content (AvgIpc) is 2.44. The number of hydrogen-bond acceptors (Lipinski definition) is 2. The Bertz CT molecular complexity index is 246. The van der Waals surface area contributed by atoms with Crippen LogP contribution in [-0.2, 0) is 4.79 Å². The van der Waals surface area contributed by atoms with Gasteiger partial charge in [-0.05, 0) is 32.1 Å². The number of carbonyl (C=O) groups is 1. The highest BCUT2D eigenvalue weighted by molar-refractivity contribution is 5.80. The molecule has 0 spiro atoms. The van der Waals surface area contributed by atoms with Crippen molar-refractivity contribution in [2.75, 3.05) is 6.54 Å². The summed E-state index contributed by atoms with van der Waals surface area (Å²) in [6.07, 6.45) is 3.32. The van der Waals surface area contributed by atoms with Gasteiger partial charge >= 0.3 is 0 Å². The number of hydrogen-bond donors (Lipinski definition) is 2. The summed E-state index contributed by atoms with van der Waals surface area (Å²) >= 11 is 0. The molecule has 0 heterocycles. The van der Waals surface area contributed by atoms with Gasteiger partial charge in [0.2, 0.25) is 5.91 Å². The molecule has 15 heavy (non-hydrogen) atoms. The summed E-state index contributed by atoms with van der Waals surface area (Å²) in [5.41, 5.74) is 5.47. The molecule has 1 unspecified atom stereocenters. The molecule has 0 aliphatic heterocycles. The van der Waals surface area contributed by atoms with E-state index in [0.717, 1.165) is 19.3 Å². The molecule has 1 amide bonds. The lowest BCUT2D eigenvalue weighted by molar-refractivity contribution is -0.129. The largest absolute Gasteiger partial charge is 0.350 e. The van der Waals surface area contributed by atoms with Crippen molar-refractivity contribution in [3.05, 3.63) is 0 Å². The van der Waals surface area contributed by atoms with Crippen molar-refractivity contribution >= 4 is 5.91 Å². The van der Waals surface area contributed by atoms with Crippen molar-refractivity contribution in [2.24, 2.45) is 17.1 Å². The van der Waals surface area contributed by atoms with Gasteiger partial charge in [0.25, 0.3) is 0 Å². The minimum Gasteiger partial charge on any atom is -0.350 e. The Morgan fingerprint density at radius 3 is 2.53 bits per heavy atom. The van der Waals surface area contributed by atoms with Gasteiger partial charge in [0.05, 0.1) is 0 Å². The van der Waals surface area contributed by atoms with E-state index < -0.39 is 0 Å². The van der Waals surface area contributed by atoms with Gasteiger partial charge in [-0.25, -0.2) is 0 Å². The third kappa shape index (κ3) is 2.94. The average molecular weight is 212 g/mol. The Balaban J connectivity index is 2.62. The number of carbonyl (C=O) groups excluding carboxylic acids is 1. The van der Waals surface area contributed by atoms with Gasteiger partial charge in [-0.2, -0.15) is 0 Å². The van der Waals surface area contributed by atoms with E-state index in [0.29, 0.717) is 6.54 Å². The van der Waals surface area contributed by atoms with Crippen LogP contribution >= 0.6 is 0 Å². The SMILES string of the molecule is CC(C)(CN)NC(=O)C1CCCC1(C)C. The van der Waals surface area contributed by atoms with E-state index in [-0.39, 0.29) is 22.8 Å². The second kappa shape index (κ2) is 4.12. The summed E-state index contributed by atoms with van der Waals surface area (Å²) < 4.78 is 0. The van der Waals surface area contributed by atoms with Crippen molar-refractivity contribution in [2.45, 2.75) is 52.5 Å². The van der Waals surface area contributed by atoms with Crippen LogP contribution in [0.1, 0.15) is 47.0 Å². The molecule has 1 aliphatic carbocycles. The molecule has 88 valence electrons. The number of amides is 1. The molecule has 1 fully saturated rings. The van der Waals surface area contributed by atoms with E-state index >= 15 is 0 Å². The lowest BCUT2D eigenvalue weighted by atomic mass is 9.81. The van der Waals surface area contributed by atoms with Crippen LogP contribution < -0.4 is 11.1 Å². The minimum atomic E-state index is -0.282. The molecule has 0 bridgehead atoms.